The molecule has 1 saturated heterocycles. The summed E-state index contributed by atoms with van der Waals surface area (Å²) >= 11 is 5.93. The maximum Gasteiger partial charge on any atom is 0.239 e. The SMILES string of the molecule is C[C@@H](NC(=O)C1CC(c2ccc(Cl)cc2)NN1)c1nnc2ccccn12. The van der Waals surface area contributed by atoms with Crippen LogP contribution in [0.25, 0.3) is 5.65 Å². The molecule has 8 heteroatoms. The average molecular weight is 371 g/mol. The third-order valence-electron chi connectivity index (χ3n) is 4.58. The van der Waals surface area contributed by atoms with E-state index in [4.69, 9.17) is 11.6 Å². The van der Waals surface area contributed by atoms with E-state index in [1.54, 1.807) is 0 Å². The van der Waals surface area contributed by atoms with Gasteiger partial charge in [0.05, 0.1) is 6.04 Å². The average Bonchev–Trinajstić information content (AvgIpc) is 3.30. The van der Waals surface area contributed by atoms with Gasteiger partial charge in [-0.2, -0.15) is 0 Å². The Balaban J connectivity index is 1.41. The lowest BCUT2D eigenvalue weighted by molar-refractivity contribution is -0.123. The molecule has 7 nitrogen and oxygen atoms in total. The zero-order chi connectivity index (χ0) is 18.1. The highest BCUT2D eigenvalue weighted by atomic mass is 35.5. The lowest BCUT2D eigenvalue weighted by atomic mass is 10.0. The van der Waals surface area contributed by atoms with Crippen molar-refractivity contribution in [1.82, 2.24) is 30.8 Å². The molecule has 0 bridgehead atoms. The summed E-state index contributed by atoms with van der Waals surface area (Å²) in [6.07, 6.45) is 2.54. The molecule has 0 radical (unpaired) electrons. The zero-order valence-corrected chi connectivity index (χ0v) is 14.9. The Morgan fingerprint density at radius 3 is 2.85 bits per heavy atom. The fourth-order valence-corrected chi connectivity index (χ4v) is 3.30. The number of hydrogen-bond acceptors (Lipinski definition) is 5. The number of rotatable bonds is 4. The van der Waals surface area contributed by atoms with Gasteiger partial charge in [0, 0.05) is 17.3 Å². The maximum absolute atomic E-state index is 12.6. The van der Waals surface area contributed by atoms with Crippen LogP contribution in [0.3, 0.4) is 0 Å². The summed E-state index contributed by atoms with van der Waals surface area (Å²) in [5.41, 5.74) is 8.09. The molecule has 1 aliphatic rings. The van der Waals surface area contributed by atoms with E-state index in [-0.39, 0.29) is 24.0 Å². The molecule has 4 rings (SSSR count). The van der Waals surface area contributed by atoms with E-state index >= 15 is 0 Å². The standard InChI is InChI=1S/C18H19ClN6O/c1-11(17-24-23-16-4-2-3-9-25(16)17)20-18(26)15-10-14(21-22-15)12-5-7-13(19)8-6-12/h2-9,11,14-15,21-22H,10H2,1H3,(H,20,26)/t11-,14?,15?/m1/s1. The van der Waals surface area contributed by atoms with Gasteiger partial charge in [-0.05, 0) is 43.2 Å². The van der Waals surface area contributed by atoms with Crippen LogP contribution in [0.5, 0.6) is 0 Å². The molecule has 3 heterocycles. The van der Waals surface area contributed by atoms with Gasteiger partial charge in [-0.25, -0.2) is 10.9 Å². The van der Waals surface area contributed by atoms with Gasteiger partial charge < -0.3 is 5.32 Å². The number of nitrogens with one attached hydrogen (secondary N) is 3. The van der Waals surface area contributed by atoms with Crippen molar-refractivity contribution in [2.75, 3.05) is 0 Å². The van der Waals surface area contributed by atoms with Gasteiger partial charge in [0.15, 0.2) is 11.5 Å². The summed E-state index contributed by atoms with van der Waals surface area (Å²) in [5.74, 6) is 0.628. The highest BCUT2D eigenvalue weighted by Gasteiger charge is 2.31. The van der Waals surface area contributed by atoms with E-state index in [1.165, 1.54) is 0 Å². The first-order chi connectivity index (χ1) is 12.6. The van der Waals surface area contributed by atoms with Crippen LogP contribution in [-0.4, -0.2) is 26.5 Å². The smallest absolute Gasteiger partial charge is 0.239 e. The van der Waals surface area contributed by atoms with Gasteiger partial charge in [-0.1, -0.05) is 29.8 Å². The van der Waals surface area contributed by atoms with Gasteiger partial charge in [-0.3, -0.25) is 9.20 Å². The minimum Gasteiger partial charge on any atom is -0.345 e. The number of hydrogen-bond donors (Lipinski definition) is 3. The number of aromatic nitrogens is 3. The fourth-order valence-electron chi connectivity index (χ4n) is 3.18. The number of halogens is 1. The molecule has 134 valence electrons. The lowest BCUT2D eigenvalue weighted by Crippen LogP contribution is -2.44. The molecule has 1 fully saturated rings. The second kappa shape index (κ2) is 7.03. The van der Waals surface area contributed by atoms with Crippen molar-refractivity contribution in [2.45, 2.75) is 31.5 Å². The molecular weight excluding hydrogens is 352 g/mol. The Labute approximate surface area is 155 Å². The molecule has 0 spiro atoms. The van der Waals surface area contributed by atoms with Crippen molar-refractivity contribution in [3.63, 3.8) is 0 Å². The Kier molecular flexibility index (Phi) is 4.58. The van der Waals surface area contributed by atoms with Crippen LogP contribution in [-0.2, 0) is 4.79 Å². The van der Waals surface area contributed by atoms with Gasteiger partial charge >= 0.3 is 0 Å². The number of carbonyl (C=O) groups excluding carboxylic acids is 1. The fraction of sp³-hybridized carbons (Fsp3) is 0.278. The van der Waals surface area contributed by atoms with Crippen LogP contribution in [0.1, 0.15) is 36.8 Å². The molecule has 1 aromatic carbocycles. The summed E-state index contributed by atoms with van der Waals surface area (Å²) in [7, 11) is 0. The first kappa shape index (κ1) is 17.0. The number of carbonyl (C=O) groups is 1. The predicted molar refractivity (Wildman–Crippen MR) is 98.4 cm³/mol. The normalized spacial score (nSPS) is 21.0. The first-order valence-electron chi connectivity index (χ1n) is 8.48. The van der Waals surface area contributed by atoms with Crippen LogP contribution >= 0.6 is 11.6 Å². The minimum absolute atomic E-state index is 0.0623. The Morgan fingerprint density at radius 2 is 2.04 bits per heavy atom. The summed E-state index contributed by atoms with van der Waals surface area (Å²) < 4.78 is 1.88. The van der Waals surface area contributed by atoms with Crippen molar-refractivity contribution in [3.05, 3.63) is 65.1 Å². The van der Waals surface area contributed by atoms with E-state index in [0.29, 0.717) is 17.3 Å². The van der Waals surface area contributed by atoms with Gasteiger partial charge in [0.2, 0.25) is 5.91 Å². The molecule has 26 heavy (non-hydrogen) atoms. The zero-order valence-electron chi connectivity index (χ0n) is 14.2. The summed E-state index contributed by atoms with van der Waals surface area (Å²) in [5, 5.41) is 12.0. The number of hydrazine groups is 1. The Bertz CT molecular complexity index is 925. The van der Waals surface area contributed by atoms with Gasteiger partial charge in [-0.15, -0.1) is 10.2 Å². The summed E-state index contributed by atoms with van der Waals surface area (Å²) in [4.78, 5) is 12.6. The first-order valence-corrected chi connectivity index (χ1v) is 8.86. The molecule has 3 N–H and O–H groups in total. The molecule has 2 unspecified atom stereocenters. The van der Waals surface area contributed by atoms with Crippen molar-refractivity contribution < 1.29 is 4.79 Å². The molecule has 0 aliphatic carbocycles. The van der Waals surface area contributed by atoms with Crippen molar-refractivity contribution in [3.8, 4) is 0 Å². The number of nitrogens with zero attached hydrogens (tertiary/aromatic N) is 3. The quantitative estimate of drug-likeness (QED) is 0.655. The van der Waals surface area contributed by atoms with E-state index in [9.17, 15) is 4.79 Å². The topological polar surface area (TPSA) is 83.4 Å². The maximum atomic E-state index is 12.6. The van der Waals surface area contributed by atoms with Crippen LogP contribution < -0.4 is 16.2 Å². The third kappa shape index (κ3) is 3.29. The van der Waals surface area contributed by atoms with E-state index in [1.807, 2.05) is 60.0 Å². The molecule has 1 aliphatic heterocycles. The highest BCUT2D eigenvalue weighted by Crippen LogP contribution is 2.24. The molecule has 2 aromatic heterocycles. The van der Waals surface area contributed by atoms with E-state index in [2.05, 4.69) is 26.4 Å². The number of pyridine rings is 1. The second-order valence-corrected chi connectivity index (χ2v) is 6.83. The predicted octanol–water partition coefficient (Wildman–Crippen LogP) is 2.17. The van der Waals surface area contributed by atoms with Crippen LogP contribution in [0.2, 0.25) is 5.02 Å². The summed E-state index contributed by atoms with van der Waals surface area (Å²) in [6, 6.07) is 12.8. The molecular formula is C18H19ClN6O. The Hall–Kier alpha value is -2.48. The largest absolute Gasteiger partial charge is 0.345 e. The van der Waals surface area contributed by atoms with Crippen molar-refractivity contribution in [2.24, 2.45) is 0 Å². The van der Waals surface area contributed by atoms with Crippen LogP contribution in [0.15, 0.2) is 48.7 Å². The number of fused-ring (bicyclic) bond motifs is 1. The van der Waals surface area contributed by atoms with E-state index < -0.39 is 0 Å². The monoisotopic (exact) mass is 370 g/mol. The second-order valence-electron chi connectivity index (χ2n) is 6.40. The van der Waals surface area contributed by atoms with Crippen molar-refractivity contribution >= 4 is 23.2 Å². The molecule has 1 amide bonds. The lowest BCUT2D eigenvalue weighted by Gasteiger charge is -2.15. The molecule has 3 atom stereocenters. The molecule has 0 saturated carbocycles. The van der Waals surface area contributed by atoms with Gasteiger partial charge in [0.1, 0.15) is 6.04 Å². The molecule has 3 aromatic rings. The highest BCUT2D eigenvalue weighted by molar-refractivity contribution is 6.30. The van der Waals surface area contributed by atoms with E-state index in [0.717, 1.165) is 11.2 Å². The Morgan fingerprint density at radius 1 is 1.23 bits per heavy atom. The van der Waals surface area contributed by atoms with Crippen LogP contribution in [0.4, 0.5) is 0 Å². The third-order valence-corrected chi connectivity index (χ3v) is 4.83. The van der Waals surface area contributed by atoms with Crippen molar-refractivity contribution in [1.29, 1.82) is 0 Å². The minimum atomic E-state index is -0.322. The summed E-state index contributed by atoms with van der Waals surface area (Å²) in [6.45, 7) is 1.90. The number of amides is 1. The van der Waals surface area contributed by atoms with Gasteiger partial charge in [0.25, 0.3) is 0 Å². The number of benzene rings is 1. The van der Waals surface area contributed by atoms with Crippen LogP contribution in [0, 0.1) is 0 Å².